The van der Waals surface area contributed by atoms with Crippen molar-refractivity contribution < 1.29 is 19.4 Å². The maximum atomic E-state index is 10.9. The number of rotatable bonds is 8. The van der Waals surface area contributed by atoms with Gasteiger partial charge in [0.2, 0.25) is 5.88 Å². The number of pyridine rings is 1. The summed E-state index contributed by atoms with van der Waals surface area (Å²) in [5, 5.41) is 23.4. The molecule has 0 amide bonds. The molecule has 0 aromatic carbocycles. The molecule has 3 N–H and O–H groups in total. The van der Waals surface area contributed by atoms with Gasteiger partial charge in [-0.3, -0.25) is 0 Å². The van der Waals surface area contributed by atoms with Gasteiger partial charge in [0, 0.05) is 42.6 Å². The Morgan fingerprint density at radius 1 is 1.33 bits per heavy atom. The Morgan fingerprint density at radius 3 is 2.97 bits per heavy atom. The van der Waals surface area contributed by atoms with Gasteiger partial charge in [0.05, 0.1) is 6.61 Å². The zero-order chi connectivity index (χ0) is 20.9. The van der Waals surface area contributed by atoms with Crippen LogP contribution in [0.5, 0.6) is 5.75 Å². The lowest BCUT2D eigenvalue weighted by atomic mass is 9.95. The lowest BCUT2D eigenvalue weighted by Crippen LogP contribution is -2.22. The van der Waals surface area contributed by atoms with E-state index in [9.17, 15) is 5.11 Å². The van der Waals surface area contributed by atoms with Crippen LogP contribution < -0.4 is 5.32 Å². The van der Waals surface area contributed by atoms with Crippen LogP contribution in [-0.4, -0.2) is 40.7 Å². The lowest BCUT2D eigenvalue weighted by molar-refractivity contribution is 0.214. The number of aliphatic imine (C=N–C) groups is 1. The highest BCUT2D eigenvalue weighted by molar-refractivity contribution is 6.21. The van der Waals surface area contributed by atoms with Gasteiger partial charge in [0.1, 0.15) is 11.3 Å². The van der Waals surface area contributed by atoms with E-state index < -0.39 is 0 Å². The van der Waals surface area contributed by atoms with E-state index in [1.54, 1.807) is 18.5 Å². The van der Waals surface area contributed by atoms with E-state index in [0.29, 0.717) is 41.8 Å². The second-order valence-corrected chi connectivity index (χ2v) is 7.58. The van der Waals surface area contributed by atoms with E-state index in [-0.39, 0.29) is 18.4 Å². The molecule has 1 saturated carbocycles. The highest BCUT2D eigenvalue weighted by Crippen LogP contribution is 2.42. The summed E-state index contributed by atoms with van der Waals surface area (Å²) in [5.74, 6) is 1.71. The minimum absolute atomic E-state index is 0.0273. The predicted octanol–water partition coefficient (Wildman–Crippen LogP) is 4.75. The van der Waals surface area contributed by atoms with Crippen LogP contribution in [0.25, 0.3) is 17.4 Å². The summed E-state index contributed by atoms with van der Waals surface area (Å²) in [6.07, 6.45) is 11.3. The van der Waals surface area contributed by atoms with Crippen molar-refractivity contribution in [3.63, 3.8) is 0 Å². The first kappa shape index (κ1) is 20.2. The highest BCUT2D eigenvalue weighted by Gasteiger charge is 2.26. The number of hydrogen-bond acceptors (Lipinski definition) is 7. The zero-order valence-electron chi connectivity index (χ0n) is 16.9. The summed E-state index contributed by atoms with van der Waals surface area (Å²) in [5.41, 5.74) is 2.12. The Bertz CT molecular complexity index is 971. The fourth-order valence-electron chi connectivity index (χ4n) is 3.84. The predicted molar refractivity (Wildman–Crippen MR) is 118 cm³/mol. The Labute approximate surface area is 175 Å². The van der Waals surface area contributed by atoms with Crippen LogP contribution >= 0.6 is 0 Å². The highest BCUT2D eigenvalue weighted by atomic mass is 16.5. The fourth-order valence-corrected chi connectivity index (χ4v) is 3.84. The van der Waals surface area contributed by atoms with Gasteiger partial charge in [-0.05, 0) is 31.1 Å². The van der Waals surface area contributed by atoms with E-state index >= 15 is 0 Å². The van der Waals surface area contributed by atoms with Crippen LogP contribution in [0, 0.1) is 0 Å². The number of nitrogens with one attached hydrogen (secondary N) is 1. The normalized spacial score (nSPS) is 17.3. The fraction of sp³-hybridized carbons (Fsp3) is 0.391. The summed E-state index contributed by atoms with van der Waals surface area (Å²) in [6.45, 7) is 4.31. The molecule has 30 heavy (non-hydrogen) atoms. The van der Waals surface area contributed by atoms with Gasteiger partial charge < -0.3 is 24.7 Å². The molecule has 1 aliphatic heterocycles. The van der Waals surface area contributed by atoms with Gasteiger partial charge in [0.25, 0.3) is 0 Å². The van der Waals surface area contributed by atoms with Crippen molar-refractivity contribution >= 4 is 35.3 Å². The van der Waals surface area contributed by atoms with Crippen molar-refractivity contribution in [3.05, 3.63) is 41.8 Å². The van der Waals surface area contributed by atoms with Crippen LogP contribution in [0.4, 0.5) is 11.7 Å². The molecule has 2 aromatic heterocycles. The first-order valence-corrected chi connectivity index (χ1v) is 10.4. The maximum absolute atomic E-state index is 10.9. The zero-order valence-corrected chi connectivity index (χ0v) is 16.9. The maximum Gasteiger partial charge on any atom is 0.208 e. The molecule has 7 heteroatoms. The second kappa shape index (κ2) is 9.17. The monoisotopic (exact) mass is 409 g/mol. The number of aromatic nitrogens is 1. The van der Waals surface area contributed by atoms with Crippen molar-refractivity contribution in [1.29, 1.82) is 0 Å². The van der Waals surface area contributed by atoms with Gasteiger partial charge in [-0.25, -0.2) is 9.98 Å². The van der Waals surface area contributed by atoms with Crippen LogP contribution in [0.15, 0.2) is 34.3 Å². The Hall–Kier alpha value is -3.06. The van der Waals surface area contributed by atoms with Crippen molar-refractivity contribution in [2.75, 3.05) is 18.5 Å². The van der Waals surface area contributed by atoms with E-state index in [4.69, 9.17) is 14.3 Å². The first-order chi connectivity index (χ1) is 14.7. The number of nitrogens with zero attached hydrogens (tertiary/aromatic N) is 2. The standard InChI is InChI=1S/C23H27N3O4/c1-15(29-12-6-11-27)20-21(28)19(30-23(20)26-17-7-3-2-4-8-17)13-16-14-25-22-18(16)9-5-10-24-22/h5,9-10,13-14,17,26-28H,1-4,6-8,11-12H2. The Balaban J connectivity index is 1.66. The summed E-state index contributed by atoms with van der Waals surface area (Å²) in [4.78, 5) is 8.55. The molecule has 0 unspecified atom stereocenters. The Morgan fingerprint density at radius 2 is 2.17 bits per heavy atom. The average molecular weight is 409 g/mol. The topological polar surface area (TPSA) is 100 Å². The molecule has 0 atom stereocenters. The summed E-state index contributed by atoms with van der Waals surface area (Å²) < 4.78 is 11.7. The lowest BCUT2D eigenvalue weighted by Gasteiger charge is -2.23. The molecule has 3 heterocycles. The minimum atomic E-state index is -0.0273. The van der Waals surface area contributed by atoms with E-state index in [1.807, 2.05) is 12.1 Å². The minimum Gasteiger partial charge on any atom is -0.504 e. The van der Waals surface area contributed by atoms with Gasteiger partial charge >= 0.3 is 0 Å². The number of aliphatic hydroxyl groups is 1. The number of hydrogen-bond donors (Lipinski definition) is 3. The van der Waals surface area contributed by atoms with Crippen molar-refractivity contribution in [2.45, 2.75) is 44.6 Å². The van der Waals surface area contributed by atoms with Gasteiger partial charge in [-0.15, -0.1) is 0 Å². The number of aliphatic hydroxyl groups excluding tert-OH is 1. The van der Waals surface area contributed by atoms with E-state index in [2.05, 4.69) is 21.9 Å². The largest absolute Gasteiger partial charge is 0.504 e. The van der Waals surface area contributed by atoms with E-state index in [0.717, 1.165) is 24.0 Å². The first-order valence-electron chi connectivity index (χ1n) is 10.4. The molecule has 0 spiro atoms. The number of ether oxygens (including phenoxy) is 1. The Kier molecular flexibility index (Phi) is 6.18. The number of anilines is 1. The van der Waals surface area contributed by atoms with Crippen LogP contribution in [0.2, 0.25) is 0 Å². The molecule has 0 radical (unpaired) electrons. The van der Waals surface area contributed by atoms with Gasteiger partial charge in [-0.2, -0.15) is 0 Å². The van der Waals surface area contributed by atoms with Crippen molar-refractivity contribution in [1.82, 2.24) is 4.98 Å². The smallest absolute Gasteiger partial charge is 0.208 e. The third-order valence-corrected chi connectivity index (χ3v) is 5.42. The molecule has 0 saturated heterocycles. The van der Waals surface area contributed by atoms with Crippen molar-refractivity contribution in [2.24, 2.45) is 4.99 Å². The molecule has 1 aliphatic carbocycles. The second-order valence-electron chi connectivity index (χ2n) is 7.58. The van der Waals surface area contributed by atoms with Crippen molar-refractivity contribution in [3.8, 4) is 5.75 Å². The molecule has 2 aromatic rings. The van der Waals surface area contributed by atoms with Crippen LogP contribution in [-0.2, 0) is 4.74 Å². The molecular weight excluding hydrogens is 382 g/mol. The molecule has 4 rings (SSSR count). The van der Waals surface area contributed by atoms with Gasteiger partial charge in [-0.1, -0.05) is 25.8 Å². The van der Waals surface area contributed by atoms with Crippen LogP contribution in [0.1, 0.15) is 55.4 Å². The van der Waals surface area contributed by atoms with Gasteiger partial charge in [0.15, 0.2) is 17.3 Å². The quantitative estimate of drug-likeness (QED) is 0.430. The molecule has 2 aliphatic rings. The summed E-state index contributed by atoms with van der Waals surface area (Å²) in [6, 6.07) is 4.06. The van der Waals surface area contributed by atoms with E-state index in [1.165, 1.54) is 19.3 Å². The average Bonchev–Trinajstić information content (AvgIpc) is 3.30. The molecule has 7 nitrogen and oxygen atoms in total. The number of aromatic hydroxyl groups is 1. The number of fused-ring (bicyclic) bond motifs is 1. The molecular formula is C23H27N3O4. The summed E-state index contributed by atoms with van der Waals surface area (Å²) in [7, 11) is 0. The molecule has 1 fully saturated rings. The van der Waals surface area contributed by atoms with Crippen LogP contribution in [0.3, 0.4) is 0 Å². The number of furan rings is 1. The molecule has 0 bridgehead atoms. The SMILES string of the molecule is C=C(OCCCO)c1c(NC2CCCCC2)oc(C=C2C=Nc3ncccc32)c1O. The summed E-state index contributed by atoms with van der Waals surface area (Å²) >= 11 is 0. The third kappa shape index (κ3) is 4.26. The number of allylic oxidation sites excluding steroid dienone is 1. The molecule has 158 valence electrons. The third-order valence-electron chi connectivity index (χ3n) is 5.42.